The minimum Gasteiger partial charge on any atom is -0.377 e. The number of fused-ring (bicyclic) bond motifs is 1. The van der Waals surface area contributed by atoms with Crippen LogP contribution < -0.4 is 5.73 Å². The Bertz CT molecular complexity index is 364. The highest BCUT2D eigenvalue weighted by Gasteiger charge is 2.66. The monoisotopic (exact) mass is 264 g/mol. The summed E-state index contributed by atoms with van der Waals surface area (Å²) in [4.78, 5) is 2.54. The lowest BCUT2D eigenvalue weighted by Gasteiger charge is -2.67. The number of hydrogen-bond donors (Lipinski definition) is 1. The van der Waals surface area contributed by atoms with E-state index in [4.69, 9.17) is 10.5 Å². The van der Waals surface area contributed by atoms with E-state index in [1.807, 2.05) is 6.08 Å². The first-order valence-electron chi connectivity index (χ1n) is 7.76. The summed E-state index contributed by atoms with van der Waals surface area (Å²) in [6.45, 7) is 11.4. The lowest BCUT2D eigenvalue weighted by atomic mass is 9.46. The van der Waals surface area contributed by atoms with Gasteiger partial charge in [-0.3, -0.25) is 4.90 Å². The van der Waals surface area contributed by atoms with Gasteiger partial charge in [0, 0.05) is 42.6 Å². The molecular weight excluding hydrogens is 236 g/mol. The number of nitrogens with two attached hydrogens (primary N) is 1. The molecule has 0 radical (unpaired) electrons. The van der Waals surface area contributed by atoms with Crippen LogP contribution in [0.15, 0.2) is 12.7 Å². The van der Waals surface area contributed by atoms with Gasteiger partial charge in [-0.05, 0) is 25.7 Å². The maximum atomic E-state index is 6.88. The van der Waals surface area contributed by atoms with Crippen LogP contribution in [0.2, 0.25) is 0 Å². The Balaban J connectivity index is 1.75. The molecular formula is C16H28N2O. The highest BCUT2D eigenvalue weighted by molar-refractivity contribution is 5.21. The van der Waals surface area contributed by atoms with Gasteiger partial charge in [0.1, 0.15) is 0 Å². The molecule has 0 aromatic rings. The van der Waals surface area contributed by atoms with Crippen molar-refractivity contribution in [1.82, 2.24) is 4.90 Å². The van der Waals surface area contributed by atoms with Crippen molar-refractivity contribution < 1.29 is 4.74 Å². The van der Waals surface area contributed by atoms with Crippen LogP contribution in [0.25, 0.3) is 0 Å². The fourth-order valence-corrected chi connectivity index (χ4v) is 4.27. The number of hydrogen-bond acceptors (Lipinski definition) is 3. The summed E-state index contributed by atoms with van der Waals surface area (Å²) in [7, 11) is 0. The molecule has 2 N–H and O–H groups in total. The Kier molecular flexibility index (Phi) is 3.27. The highest BCUT2D eigenvalue weighted by atomic mass is 16.5. The minimum absolute atomic E-state index is 0.0897. The molecule has 3 heteroatoms. The summed E-state index contributed by atoms with van der Waals surface area (Å²) in [5.41, 5.74) is 6.87. The zero-order chi connectivity index (χ0) is 13.7. The third kappa shape index (κ3) is 1.98. The quantitative estimate of drug-likeness (QED) is 0.773. The minimum atomic E-state index is -0.0936. The van der Waals surface area contributed by atoms with Crippen LogP contribution in [0.5, 0.6) is 0 Å². The van der Waals surface area contributed by atoms with E-state index in [0.717, 1.165) is 25.7 Å². The van der Waals surface area contributed by atoms with Gasteiger partial charge in [-0.1, -0.05) is 19.9 Å². The molecule has 0 bridgehead atoms. The smallest absolute Gasteiger partial charge is 0.0690 e. The predicted molar refractivity (Wildman–Crippen MR) is 78.0 cm³/mol. The molecule has 19 heavy (non-hydrogen) atoms. The molecule has 0 spiro atoms. The zero-order valence-corrected chi connectivity index (χ0v) is 12.4. The molecule has 1 heterocycles. The van der Waals surface area contributed by atoms with Gasteiger partial charge in [0.15, 0.2) is 0 Å². The van der Waals surface area contributed by atoms with Crippen molar-refractivity contribution in [1.29, 1.82) is 0 Å². The van der Waals surface area contributed by atoms with Crippen molar-refractivity contribution in [3.8, 4) is 0 Å². The van der Waals surface area contributed by atoms with Gasteiger partial charge in [0.05, 0.1) is 6.10 Å². The van der Waals surface area contributed by atoms with Gasteiger partial charge >= 0.3 is 0 Å². The van der Waals surface area contributed by atoms with Gasteiger partial charge in [0.2, 0.25) is 0 Å². The molecule has 3 nitrogen and oxygen atoms in total. The summed E-state index contributed by atoms with van der Waals surface area (Å²) in [5.74, 6) is 0.544. The highest BCUT2D eigenvalue weighted by Crippen LogP contribution is 2.57. The lowest BCUT2D eigenvalue weighted by molar-refractivity contribution is -0.232. The van der Waals surface area contributed by atoms with E-state index in [2.05, 4.69) is 25.3 Å². The van der Waals surface area contributed by atoms with E-state index in [-0.39, 0.29) is 11.0 Å². The van der Waals surface area contributed by atoms with Gasteiger partial charge in [0.25, 0.3) is 0 Å². The van der Waals surface area contributed by atoms with E-state index < -0.39 is 0 Å². The van der Waals surface area contributed by atoms with Crippen molar-refractivity contribution in [2.75, 3.05) is 19.7 Å². The fourth-order valence-electron chi connectivity index (χ4n) is 4.27. The van der Waals surface area contributed by atoms with Crippen LogP contribution in [0.1, 0.15) is 39.5 Å². The van der Waals surface area contributed by atoms with Gasteiger partial charge < -0.3 is 10.5 Å². The summed E-state index contributed by atoms with van der Waals surface area (Å²) in [5, 5.41) is 0. The Labute approximate surface area is 117 Å². The third-order valence-corrected chi connectivity index (χ3v) is 5.79. The second-order valence-electron chi connectivity index (χ2n) is 7.25. The second-order valence-corrected chi connectivity index (χ2v) is 7.25. The van der Waals surface area contributed by atoms with E-state index in [1.165, 1.54) is 25.7 Å². The summed E-state index contributed by atoms with van der Waals surface area (Å²) in [6.07, 6.45) is 7.45. The largest absolute Gasteiger partial charge is 0.377 e. The SMILES string of the molecule is C=CCN(CC1(N)C2CCCOC2C1(C)C)C1CC1. The van der Waals surface area contributed by atoms with Crippen molar-refractivity contribution in [2.45, 2.75) is 57.2 Å². The maximum Gasteiger partial charge on any atom is 0.0690 e. The lowest BCUT2D eigenvalue weighted by Crippen LogP contribution is -2.80. The average molecular weight is 264 g/mol. The van der Waals surface area contributed by atoms with Crippen LogP contribution in [0, 0.1) is 11.3 Å². The molecule has 0 amide bonds. The Morgan fingerprint density at radius 3 is 2.74 bits per heavy atom. The second kappa shape index (κ2) is 4.57. The van der Waals surface area contributed by atoms with Crippen molar-refractivity contribution in [3.63, 3.8) is 0 Å². The Hall–Kier alpha value is -0.380. The number of nitrogens with zero attached hydrogens (tertiary/aromatic N) is 1. The first-order chi connectivity index (χ1) is 9.00. The molecule has 2 saturated carbocycles. The average Bonchev–Trinajstić information content (AvgIpc) is 3.22. The van der Waals surface area contributed by atoms with E-state index in [1.54, 1.807) is 0 Å². The van der Waals surface area contributed by atoms with E-state index in [9.17, 15) is 0 Å². The van der Waals surface area contributed by atoms with E-state index in [0.29, 0.717) is 12.0 Å². The molecule has 1 saturated heterocycles. The van der Waals surface area contributed by atoms with Gasteiger partial charge in [-0.2, -0.15) is 0 Å². The standard InChI is InChI=1S/C16H28N2O/c1-4-9-18(12-7-8-12)11-16(17)13-6-5-10-19-14(13)15(16,2)3/h4,12-14H,1,5-11,17H2,2-3H3. The molecule has 1 aliphatic heterocycles. The molecule has 3 atom stereocenters. The van der Waals surface area contributed by atoms with Crippen LogP contribution in [-0.2, 0) is 4.74 Å². The first kappa shape index (κ1) is 13.6. The molecule has 3 fully saturated rings. The van der Waals surface area contributed by atoms with Crippen LogP contribution >= 0.6 is 0 Å². The molecule has 3 rings (SSSR count). The van der Waals surface area contributed by atoms with Crippen molar-refractivity contribution >= 4 is 0 Å². The zero-order valence-electron chi connectivity index (χ0n) is 12.4. The number of ether oxygens (including phenoxy) is 1. The Morgan fingerprint density at radius 2 is 2.11 bits per heavy atom. The van der Waals surface area contributed by atoms with Crippen LogP contribution in [0.4, 0.5) is 0 Å². The molecule has 0 aromatic carbocycles. The Morgan fingerprint density at radius 1 is 1.37 bits per heavy atom. The van der Waals surface area contributed by atoms with Crippen LogP contribution in [0.3, 0.4) is 0 Å². The molecule has 3 aliphatic rings. The topological polar surface area (TPSA) is 38.5 Å². The summed E-state index contributed by atoms with van der Waals surface area (Å²) < 4.78 is 5.99. The summed E-state index contributed by atoms with van der Waals surface area (Å²) >= 11 is 0. The van der Waals surface area contributed by atoms with Gasteiger partial charge in [-0.15, -0.1) is 6.58 Å². The first-order valence-corrected chi connectivity index (χ1v) is 7.76. The fraction of sp³-hybridized carbons (Fsp3) is 0.875. The van der Waals surface area contributed by atoms with Crippen molar-refractivity contribution in [2.24, 2.45) is 17.1 Å². The molecule has 0 aromatic heterocycles. The molecule has 2 aliphatic carbocycles. The maximum absolute atomic E-state index is 6.88. The predicted octanol–water partition coefficient (Wildman–Crippen LogP) is 2.17. The molecule has 3 unspecified atom stereocenters. The molecule has 108 valence electrons. The number of rotatable bonds is 5. The normalized spacial score (nSPS) is 40.6. The van der Waals surface area contributed by atoms with E-state index >= 15 is 0 Å². The van der Waals surface area contributed by atoms with Gasteiger partial charge in [-0.25, -0.2) is 0 Å². The van der Waals surface area contributed by atoms with Crippen molar-refractivity contribution in [3.05, 3.63) is 12.7 Å². The third-order valence-electron chi connectivity index (χ3n) is 5.79. The van der Waals surface area contributed by atoms with Crippen LogP contribution in [-0.4, -0.2) is 42.3 Å². The summed E-state index contributed by atoms with van der Waals surface area (Å²) in [6, 6.07) is 0.748.